The maximum Gasteiger partial charge on any atom is 0.315 e. The molecule has 1 aliphatic heterocycles. The minimum absolute atomic E-state index is 0.0132. The van der Waals surface area contributed by atoms with E-state index in [1.807, 2.05) is 0 Å². The van der Waals surface area contributed by atoms with Gasteiger partial charge in [-0.25, -0.2) is 0 Å². The molecule has 2 unspecified atom stereocenters. The van der Waals surface area contributed by atoms with Crippen LogP contribution in [0.3, 0.4) is 0 Å². The largest absolute Gasteiger partial charge is 0.493 e. The molecule has 1 aliphatic carbocycles. The molecule has 2 aliphatic rings. The molecule has 7 heteroatoms. The highest BCUT2D eigenvalue weighted by Gasteiger charge is 2.47. The van der Waals surface area contributed by atoms with Gasteiger partial charge in [-0.3, -0.25) is 9.59 Å². The summed E-state index contributed by atoms with van der Waals surface area (Å²) in [5.74, 6) is -0.391. The van der Waals surface area contributed by atoms with E-state index >= 15 is 0 Å². The zero-order chi connectivity index (χ0) is 22.9. The van der Waals surface area contributed by atoms with Crippen LogP contribution in [0, 0.1) is 11.3 Å². The second-order valence-corrected chi connectivity index (χ2v) is 8.65. The molecule has 3 rings (SSSR count). The van der Waals surface area contributed by atoms with E-state index in [2.05, 4.69) is 25.7 Å². The van der Waals surface area contributed by atoms with Crippen molar-refractivity contribution in [3.8, 4) is 17.2 Å². The van der Waals surface area contributed by atoms with Crippen molar-refractivity contribution < 1.29 is 28.5 Å². The van der Waals surface area contributed by atoms with Gasteiger partial charge >= 0.3 is 5.97 Å². The zero-order valence-electron chi connectivity index (χ0n) is 19.1. The molecule has 1 aromatic carbocycles. The maximum atomic E-state index is 13.3. The van der Waals surface area contributed by atoms with E-state index in [1.54, 1.807) is 19.1 Å². The van der Waals surface area contributed by atoms with E-state index in [0.717, 1.165) is 5.70 Å². The Morgan fingerprint density at radius 2 is 1.74 bits per heavy atom. The third-order valence-electron chi connectivity index (χ3n) is 5.84. The molecule has 31 heavy (non-hydrogen) atoms. The topological polar surface area (TPSA) is 83.1 Å². The van der Waals surface area contributed by atoms with Gasteiger partial charge in [-0.05, 0) is 36.5 Å². The highest BCUT2D eigenvalue weighted by Crippen LogP contribution is 2.50. The molecule has 0 fully saturated rings. The molecule has 0 bridgehead atoms. The van der Waals surface area contributed by atoms with Crippen LogP contribution in [0.25, 0.3) is 0 Å². The van der Waals surface area contributed by atoms with Crippen molar-refractivity contribution in [1.82, 2.24) is 5.32 Å². The highest BCUT2D eigenvalue weighted by molar-refractivity contribution is 6.01. The number of esters is 1. The van der Waals surface area contributed by atoms with Crippen molar-refractivity contribution in [2.24, 2.45) is 11.3 Å². The molecule has 1 aromatic rings. The summed E-state index contributed by atoms with van der Waals surface area (Å²) in [7, 11) is 4.59. The lowest BCUT2D eigenvalue weighted by atomic mass is 9.66. The average Bonchev–Trinajstić information content (AvgIpc) is 2.70. The van der Waals surface area contributed by atoms with Gasteiger partial charge in [0, 0.05) is 29.3 Å². The third kappa shape index (κ3) is 4.13. The number of carbonyl (C=O) groups excluding carboxylic acids is 2. The quantitative estimate of drug-likeness (QED) is 0.690. The van der Waals surface area contributed by atoms with Gasteiger partial charge in [0.05, 0.1) is 27.9 Å². The molecule has 1 heterocycles. The van der Waals surface area contributed by atoms with Crippen molar-refractivity contribution in [3.63, 3.8) is 0 Å². The fourth-order valence-electron chi connectivity index (χ4n) is 4.60. The van der Waals surface area contributed by atoms with Gasteiger partial charge in [-0.15, -0.1) is 0 Å². The van der Waals surface area contributed by atoms with E-state index in [9.17, 15) is 9.59 Å². The molecule has 0 spiro atoms. The Morgan fingerprint density at radius 1 is 1.13 bits per heavy atom. The van der Waals surface area contributed by atoms with Crippen LogP contribution < -0.4 is 19.5 Å². The minimum atomic E-state index is -0.758. The minimum Gasteiger partial charge on any atom is -0.493 e. The smallest absolute Gasteiger partial charge is 0.315 e. The van der Waals surface area contributed by atoms with Crippen molar-refractivity contribution in [3.05, 3.63) is 41.2 Å². The summed E-state index contributed by atoms with van der Waals surface area (Å²) in [6, 6.07) is 3.57. The van der Waals surface area contributed by atoms with Crippen molar-refractivity contribution in [1.29, 1.82) is 0 Å². The lowest BCUT2D eigenvalue weighted by Crippen LogP contribution is -2.43. The van der Waals surface area contributed by atoms with Gasteiger partial charge < -0.3 is 24.3 Å². The first kappa shape index (κ1) is 22.7. The molecule has 0 saturated carbocycles. The Balaban J connectivity index is 2.26. The number of benzene rings is 1. The monoisotopic (exact) mass is 429 g/mol. The van der Waals surface area contributed by atoms with Crippen LogP contribution in [0.4, 0.5) is 0 Å². The predicted octanol–water partition coefficient (Wildman–Crippen LogP) is 3.74. The first-order chi connectivity index (χ1) is 14.7. The number of Topliss-reactive ketones (excluding diaryl/α,β-unsaturated/α-hetero) is 1. The maximum absolute atomic E-state index is 13.3. The first-order valence-corrected chi connectivity index (χ1v) is 10.4. The average molecular weight is 430 g/mol. The summed E-state index contributed by atoms with van der Waals surface area (Å²) in [5, 5.41) is 3.25. The highest BCUT2D eigenvalue weighted by atomic mass is 16.5. The summed E-state index contributed by atoms with van der Waals surface area (Å²) in [5.41, 5.74) is 2.45. The summed E-state index contributed by atoms with van der Waals surface area (Å²) in [4.78, 5) is 26.3. The Morgan fingerprint density at radius 3 is 2.26 bits per heavy atom. The molecule has 0 amide bonds. The van der Waals surface area contributed by atoms with Crippen molar-refractivity contribution >= 4 is 11.8 Å². The first-order valence-electron chi connectivity index (χ1n) is 10.4. The normalized spacial score (nSPS) is 22.4. The lowest BCUT2D eigenvalue weighted by molar-refractivity contribution is -0.147. The number of hydrogen-bond donors (Lipinski definition) is 1. The lowest BCUT2D eigenvalue weighted by Gasteiger charge is -2.42. The summed E-state index contributed by atoms with van der Waals surface area (Å²) >= 11 is 0. The van der Waals surface area contributed by atoms with Gasteiger partial charge in [0.25, 0.3) is 0 Å². The Labute approximate surface area is 183 Å². The number of nitrogens with one attached hydrogen (secondary N) is 1. The Hall–Kier alpha value is -2.96. The Bertz CT molecular complexity index is 920. The Kier molecular flexibility index (Phi) is 6.34. The summed E-state index contributed by atoms with van der Waals surface area (Å²) < 4.78 is 21.8. The van der Waals surface area contributed by atoms with Gasteiger partial charge in [0.15, 0.2) is 17.3 Å². The molecule has 0 radical (unpaired) electrons. The van der Waals surface area contributed by atoms with Crippen molar-refractivity contribution in [2.45, 2.75) is 39.5 Å². The van der Waals surface area contributed by atoms with E-state index in [4.69, 9.17) is 18.9 Å². The molecule has 2 atom stereocenters. The van der Waals surface area contributed by atoms with Gasteiger partial charge in [0.1, 0.15) is 5.92 Å². The second kappa shape index (κ2) is 8.65. The van der Waals surface area contributed by atoms with Crippen LogP contribution in [0.15, 0.2) is 35.7 Å². The zero-order valence-corrected chi connectivity index (χ0v) is 19.1. The fourth-order valence-corrected chi connectivity index (χ4v) is 4.60. The van der Waals surface area contributed by atoms with E-state index in [-0.39, 0.29) is 17.8 Å². The SMILES string of the molecule is C=C1NC2=C(C(=O)CC(C)(C)C2)C(c2cc(OC)c(OC)c(OC)c2)C1C(=O)OCC. The fraction of sp³-hybridized carbons (Fsp3) is 0.500. The molecular formula is C24H31NO6. The predicted molar refractivity (Wildman–Crippen MR) is 116 cm³/mol. The van der Waals surface area contributed by atoms with Crippen LogP contribution >= 0.6 is 0 Å². The van der Waals surface area contributed by atoms with Crippen LogP contribution in [0.1, 0.15) is 45.1 Å². The molecular weight excluding hydrogens is 398 g/mol. The summed E-state index contributed by atoms with van der Waals surface area (Å²) in [6.45, 7) is 10.2. The molecule has 0 saturated heterocycles. The van der Waals surface area contributed by atoms with Crippen LogP contribution in [0.5, 0.6) is 17.2 Å². The molecule has 1 N–H and O–H groups in total. The van der Waals surface area contributed by atoms with Crippen molar-refractivity contribution in [2.75, 3.05) is 27.9 Å². The second-order valence-electron chi connectivity index (χ2n) is 8.65. The van der Waals surface area contributed by atoms with Gasteiger partial charge in [-0.1, -0.05) is 20.4 Å². The molecule has 0 aromatic heterocycles. The number of allylic oxidation sites excluding steroid dienone is 2. The summed E-state index contributed by atoms with van der Waals surface area (Å²) in [6.07, 6.45) is 1.08. The number of rotatable bonds is 6. The number of ketones is 1. The molecule has 168 valence electrons. The van der Waals surface area contributed by atoms with Crippen LogP contribution in [-0.4, -0.2) is 39.7 Å². The van der Waals surface area contributed by atoms with E-state index in [1.165, 1.54) is 21.3 Å². The third-order valence-corrected chi connectivity index (χ3v) is 5.84. The number of carbonyl (C=O) groups is 2. The van der Waals surface area contributed by atoms with E-state index < -0.39 is 17.8 Å². The van der Waals surface area contributed by atoms with Gasteiger partial charge in [0.2, 0.25) is 5.75 Å². The van der Waals surface area contributed by atoms with Crippen LogP contribution in [0.2, 0.25) is 0 Å². The standard InChI is InChI=1S/C24H31NO6/c1-8-31-23(27)19-13(2)25-15-11-24(3,4)12-16(26)21(15)20(19)14-9-17(28-5)22(30-7)18(10-14)29-6/h9-10,19-20,25H,2,8,11-12H2,1,3-7H3. The number of methoxy groups -OCH3 is 3. The van der Waals surface area contributed by atoms with Gasteiger partial charge in [-0.2, -0.15) is 0 Å². The van der Waals surface area contributed by atoms with Crippen LogP contribution in [-0.2, 0) is 14.3 Å². The van der Waals surface area contributed by atoms with E-state index in [0.29, 0.717) is 46.9 Å². The number of ether oxygens (including phenoxy) is 4. The number of hydrogen-bond acceptors (Lipinski definition) is 7. The molecule has 7 nitrogen and oxygen atoms in total.